The van der Waals surface area contributed by atoms with E-state index >= 15 is 0 Å². The van der Waals surface area contributed by atoms with Gasteiger partial charge in [0.1, 0.15) is 5.52 Å². The Balaban J connectivity index is 1.30. The maximum Gasteiger partial charge on any atom is 0.186 e. The molecule has 2 atom stereocenters. The van der Waals surface area contributed by atoms with Gasteiger partial charge in [-0.05, 0) is 43.9 Å². The second-order valence-corrected chi connectivity index (χ2v) is 9.85. The number of thiazole rings is 1. The van der Waals surface area contributed by atoms with E-state index in [1.165, 1.54) is 36.8 Å². The van der Waals surface area contributed by atoms with Crippen LogP contribution in [0.3, 0.4) is 0 Å². The van der Waals surface area contributed by atoms with E-state index < -0.39 is 0 Å². The summed E-state index contributed by atoms with van der Waals surface area (Å²) >= 11 is 1.78. The summed E-state index contributed by atoms with van der Waals surface area (Å²) < 4.78 is 3.05. The van der Waals surface area contributed by atoms with E-state index in [9.17, 15) is 0 Å². The molecule has 2 unspecified atom stereocenters. The van der Waals surface area contributed by atoms with Crippen molar-refractivity contribution >= 4 is 37.6 Å². The van der Waals surface area contributed by atoms with Crippen LogP contribution in [-0.2, 0) is 7.05 Å². The van der Waals surface area contributed by atoms with Crippen molar-refractivity contribution in [1.82, 2.24) is 25.1 Å². The fourth-order valence-corrected chi connectivity index (χ4v) is 6.15. The Labute approximate surface area is 179 Å². The summed E-state index contributed by atoms with van der Waals surface area (Å²) in [6, 6.07) is 10.4. The summed E-state index contributed by atoms with van der Waals surface area (Å²) in [4.78, 5) is 12.0. The number of benzene rings is 1. The normalized spacial score (nSPS) is 23.9. The van der Waals surface area contributed by atoms with Gasteiger partial charge in [-0.25, -0.2) is 4.98 Å². The Morgan fingerprint density at radius 3 is 2.80 bits per heavy atom. The molecule has 0 spiro atoms. The van der Waals surface area contributed by atoms with Crippen LogP contribution >= 0.6 is 11.3 Å². The number of piperidine rings is 2. The predicted octanol–water partition coefficient (Wildman–Crippen LogP) is 4.35. The fraction of sp³-hybridized carbons (Fsp3) is 0.435. The molecule has 1 aromatic carbocycles. The lowest BCUT2D eigenvalue weighted by Crippen LogP contribution is -2.54. The fourth-order valence-electron chi connectivity index (χ4n) is 5.14. The number of anilines is 1. The summed E-state index contributed by atoms with van der Waals surface area (Å²) in [5.41, 5.74) is 4.10. The highest BCUT2D eigenvalue weighted by molar-refractivity contribution is 7.22. The average molecular weight is 419 g/mol. The Hall–Kier alpha value is -2.51. The lowest BCUT2D eigenvalue weighted by Gasteiger charge is -2.43. The van der Waals surface area contributed by atoms with Gasteiger partial charge in [-0.2, -0.15) is 5.10 Å². The number of pyridine rings is 1. The van der Waals surface area contributed by atoms with Crippen LogP contribution in [0.1, 0.15) is 32.1 Å². The van der Waals surface area contributed by atoms with Crippen molar-refractivity contribution in [2.75, 3.05) is 11.9 Å². The number of fused-ring (bicyclic) bond motifs is 4. The van der Waals surface area contributed by atoms with Crippen molar-refractivity contribution < 1.29 is 0 Å². The highest BCUT2D eigenvalue weighted by Crippen LogP contribution is 2.35. The molecule has 2 bridgehead atoms. The predicted molar refractivity (Wildman–Crippen MR) is 123 cm³/mol. The molecular weight excluding hydrogens is 392 g/mol. The molecule has 4 aromatic rings. The zero-order chi connectivity index (χ0) is 20.2. The van der Waals surface area contributed by atoms with Gasteiger partial charge in [-0.15, -0.1) is 0 Å². The molecule has 2 aliphatic heterocycles. The molecule has 5 heterocycles. The summed E-state index contributed by atoms with van der Waals surface area (Å²) in [5, 5.41) is 10.5. The van der Waals surface area contributed by atoms with E-state index in [0.29, 0.717) is 18.1 Å². The molecular formula is C23H26N6S. The van der Waals surface area contributed by atoms with Crippen molar-refractivity contribution in [2.24, 2.45) is 7.05 Å². The van der Waals surface area contributed by atoms with Crippen molar-refractivity contribution in [1.29, 1.82) is 0 Å². The number of aromatic nitrogens is 4. The van der Waals surface area contributed by atoms with Crippen LogP contribution in [0.5, 0.6) is 0 Å². The Bertz CT molecular complexity index is 1220. The molecule has 2 aliphatic rings. The van der Waals surface area contributed by atoms with Crippen LogP contribution in [0.25, 0.3) is 32.4 Å². The molecule has 7 heteroatoms. The largest absolute Gasteiger partial charge is 0.348 e. The van der Waals surface area contributed by atoms with Gasteiger partial charge >= 0.3 is 0 Å². The minimum Gasteiger partial charge on any atom is -0.348 e. The number of nitrogens with zero attached hydrogens (tertiary/aromatic N) is 5. The van der Waals surface area contributed by atoms with E-state index in [2.05, 4.69) is 46.6 Å². The zero-order valence-electron chi connectivity index (χ0n) is 17.4. The van der Waals surface area contributed by atoms with Crippen LogP contribution in [0.2, 0.25) is 0 Å². The van der Waals surface area contributed by atoms with Crippen molar-refractivity contribution in [3.63, 3.8) is 0 Å². The number of aryl methyl sites for hydroxylation is 1. The van der Waals surface area contributed by atoms with Crippen LogP contribution in [0, 0.1) is 0 Å². The summed E-state index contributed by atoms with van der Waals surface area (Å²) in [6.07, 6.45) is 10.4. The van der Waals surface area contributed by atoms with Gasteiger partial charge in [0.25, 0.3) is 0 Å². The van der Waals surface area contributed by atoms with Gasteiger partial charge in [0.05, 0.1) is 22.1 Å². The summed E-state index contributed by atoms with van der Waals surface area (Å²) in [5.74, 6) is 0. The van der Waals surface area contributed by atoms with Crippen molar-refractivity contribution in [3.8, 4) is 11.3 Å². The monoisotopic (exact) mass is 418 g/mol. The molecule has 154 valence electrons. The van der Waals surface area contributed by atoms with Gasteiger partial charge in [-0.3, -0.25) is 9.67 Å². The minimum absolute atomic E-state index is 0.572. The van der Waals surface area contributed by atoms with Gasteiger partial charge < -0.3 is 10.2 Å². The first-order valence-corrected chi connectivity index (χ1v) is 11.6. The third-order valence-electron chi connectivity index (χ3n) is 6.72. The highest BCUT2D eigenvalue weighted by atomic mass is 32.1. The first-order valence-electron chi connectivity index (χ1n) is 10.8. The van der Waals surface area contributed by atoms with Crippen LogP contribution < -0.4 is 10.2 Å². The second-order valence-electron chi connectivity index (χ2n) is 8.84. The maximum absolute atomic E-state index is 4.92. The smallest absolute Gasteiger partial charge is 0.186 e. The lowest BCUT2D eigenvalue weighted by molar-refractivity contribution is 0.219. The highest BCUT2D eigenvalue weighted by Gasteiger charge is 2.33. The molecule has 30 heavy (non-hydrogen) atoms. The number of rotatable bonds is 3. The quantitative estimate of drug-likeness (QED) is 0.536. The molecule has 0 saturated carbocycles. The minimum atomic E-state index is 0.572. The standard InChI is InChI=1S/C23H26N6S/c1-28-13-15-8-14(6-7-19(15)27-28)20-11-22-21(12-24-20)26-23(30-22)29(2)18-9-16-4-3-5-17(10-18)25-16/h6-8,11-13,16-18,25H,3-5,9-10H2,1-2H3. The lowest BCUT2D eigenvalue weighted by atomic mass is 9.83. The SMILES string of the molecule is CN(c1nc2cnc(-c3ccc4nn(C)cc4c3)cc2s1)C1CC2CCCC(C1)N2. The van der Waals surface area contributed by atoms with Crippen LogP contribution in [-0.4, -0.2) is 44.9 Å². The third-order valence-corrected chi connectivity index (χ3v) is 7.83. The van der Waals surface area contributed by atoms with E-state index in [1.807, 2.05) is 24.1 Å². The van der Waals surface area contributed by atoms with Crippen LogP contribution in [0.15, 0.2) is 36.7 Å². The topological polar surface area (TPSA) is 58.9 Å². The van der Waals surface area contributed by atoms with Gasteiger partial charge in [-0.1, -0.05) is 23.8 Å². The van der Waals surface area contributed by atoms with Gasteiger partial charge in [0, 0.05) is 49.4 Å². The Kier molecular flexibility index (Phi) is 4.28. The molecule has 1 N–H and O–H groups in total. The maximum atomic E-state index is 4.92. The average Bonchev–Trinajstić information content (AvgIpc) is 3.34. The molecule has 2 fully saturated rings. The first-order chi connectivity index (χ1) is 14.6. The molecule has 2 saturated heterocycles. The molecule has 0 radical (unpaired) electrons. The molecule has 0 aliphatic carbocycles. The number of hydrogen-bond acceptors (Lipinski definition) is 6. The molecule has 0 amide bonds. The molecule has 6 nitrogen and oxygen atoms in total. The molecule has 3 aromatic heterocycles. The van der Waals surface area contributed by atoms with E-state index in [0.717, 1.165) is 32.8 Å². The van der Waals surface area contributed by atoms with Crippen LogP contribution in [0.4, 0.5) is 5.13 Å². The zero-order valence-corrected chi connectivity index (χ0v) is 18.2. The Morgan fingerprint density at radius 2 is 1.97 bits per heavy atom. The van der Waals surface area contributed by atoms with E-state index in [4.69, 9.17) is 9.97 Å². The summed E-state index contributed by atoms with van der Waals surface area (Å²) in [6.45, 7) is 0. The van der Waals surface area contributed by atoms with E-state index in [1.54, 1.807) is 11.3 Å². The van der Waals surface area contributed by atoms with E-state index in [-0.39, 0.29) is 0 Å². The second kappa shape index (κ2) is 7.03. The van der Waals surface area contributed by atoms with Gasteiger partial charge in [0.15, 0.2) is 5.13 Å². The Morgan fingerprint density at radius 1 is 1.13 bits per heavy atom. The van der Waals surface area contributed by atoms with Crippen molar-refractivity contribution in [2.45, 2.75) is 50.2 Å². The first kappa shape index (κ1) is 18.3. The molecule has 6 rings (SSSR count). The third kappa shape index (κ3) is 3.17. The van der Waals surface area contributed by atoms with Gasteiger partial charge in [0.2, 0.25) is 0 Å². The number of hydrogen-bond donors (Lipinski definition) is 1. The number of nitrogens with one attached hydrogen (secondary N) is 1. The summed E-state index contributed by atoms with van der Waals surface area (Å²) in [7, 11) is 4.17. The van der Waals surface area contributed by atoms with Crippen molar-refractivity contribution in [3.05, 3.63) is 36.7 Å².